The second-order valence-corrected chi connectivity index (χ2v) is 27.8. The van der Waals surface area contributed by atoms with E-state index in [-0.39, 0.29) is 18.9 Å². The van der Waals surface area contributed by atoms with Crippen LogP contribution in [0.25, 0.3) is 0 Å². The molecule has 19 nitrogen and oxygen atoms in total. The quantitative estimate of drug-likeness (QED) is 0.0199. The first-order valence-electron chi connectivity index (χ1n) is 39.3. The van der Waals surface area contributed by atoms with E-state index in [9.17, 15) is 61.0 Å². The fourth-order valence-electron chi connectivity index (χ4n) is 12.9. The molecule has 0 spiro atoms. The van der Waals surface area contributed by atoms with Crippen molar-refractivity contribution in [2.24, 2.45) is 0 Å². The van der Waals surface area contributed by atoms with Gasteiger partial charge in [0.25, 0.3) is 0 Å². The highest BCUT2D eigenvalue weighted by atomic mass is 16.8. The molecule has 0 saturated carbocycles. The molecule has 3 rings (SSSR count). The van der Waals surface area contributed by atoms with Gasteiger partial charge in [-0.15, -0.1) is 0 Å². The van der Waals surface area contributed by atoms with Gasteiger partial charge in [0.1, 0.15) is 73.2 Å². The highest BCUT2D eigenvalue weighted by Gasteiger charge is 2.53. The molecule has 99 heavy (non-hydrogen) atoms. The standard InChI is InChI=1S/C80H141NO18/c1-3-5-7-9-11-13-15-17-19-21-23-25-27-28-29-30-31-32-33-34-36-37-39-41-43-45-47-49-51-53-55-57-64(85)63(81-68(86)58-56-54-52-50-48-46-44-42-40-38-35-26-24-22-20-18-16-14-12-10-8-6-4-2)62-94-78-74(92)71(89)76(66(60-83)96-78)99-80-75(93)72(90)77(67(61-84)97-80)98-79-73(91)70(88)69(87)65(59-82)95-79/h6,8,12,14,18,20,24,26,39,41,47,49,55,57,63-67,69-80,82-85,87-93H,3-5,7,9-11,13,15-17,19,21-23,25,27-38,40,42-46,48,50-54,56,58-62H2,1-2H3,(H,81,86)/b8-6-,14-12-,20-18-,26-24-,41-39+,49-47+,57-55+. The summed E-state index contributed by atoms with van der Waals surface area (Å²) in [6.45, 7) is 1.61. The van der Waals surface area contributed by atoms with E-state index in [0.29, 0.717) is 12.8 Å². The van der Waals surface area contributed by atoms with Crippen molar-refractivity contribution >= 4 is 5.91 Å². The van der Waals surface area contributed by atoms with Gasteiger partial charge < -0.3 is 89.9 Å². The van der Waals surface area contributed by atoms with Crippen LogP contribution < -0.4 is 5.32 Å². The summed E-state index contributed by atoms with van der Waals surface area (Å²) in [6.07, 6.45) is 52.9. The zero-order chi connectivity index (χ0) is 71.8. The minimum Gasteiger partial charge on any atom is -0.394 e. The van der Waals surface area contributed by atoms with E-state index in [1.165, 1.54) is 167 Å². The van der Waals surface area contributed by atoms with Gasteiger partial charge in [0, 0.05) is 6.42 Å². The molecule has 3 saturated heterocycles. The number of carbonyl (C=O) groups is 1. The normalized spacial score (nSPS) is 27.1. The average Bonchev–Trinajstić information content (AvgIpc) is 0.782. The van der Waals surface area contributed by atoms with Crippen molar-refractivity contribution in [1.82, 2.24) is 5.32 Å². The molecular formula is C80H141NO18. The number of nitrogens with one attached hydrogen (secondary N) is 1. The Morgan fingerprint density at radius 2 is 0.707 bits per heavy atom. The predicted octanol–water partition coefficient (Wildman–Crippen LogP) is 12.6. The van der Waals surface area contributed by atoms with Gasteiger partial charge in [0.15, 0.2) is 18.9 Å². The van der Waals surface area contributed by atoms with E-state index in [1.54, 1.807) is 6.08 Å². The molecule has 0 aromatic carbocycles. The summed E-state index contributed by atoms with van der Waals surface area (Å²) >= 11 is 0. The van der Waals surface area contributed by atoms with Crippen LogP contribution in [0.2, 0.25) is 0 Å². The first kappa shape index (κ1) is 90.2. The molecule has 17 unspecified atom stereocenters. The van der Waals surface area contributed by atoms with Crippen molar-refractivity contribution in [3.05, 3.63) is 85.1 Å². The van der Waals surface area contributed by atoms with E-state index in [1.807, 2.05) is 6.08 Å². The Labute approximate surface area is 597 Å². The van der Waals surface area contributed by atoms with Crippen LogP contribution in [-0.2, 0) is 33.2 Å². The topological polar surface area (TPSA) is 307 Å². The number of rotatable bonds is 61. The van der Waals surface area contributed by atoms with Gasteiger partial charge >= 0.3 is 0 Å². The molecular weight excluding hydrogens is 1260 g/mol. The first-order valence-corrected chi connectivity index (χ1v) is 39.3. The zero-order valence-electron chi connectivity index (χ0n) is 61.2. The summed E-state index contributed by atoms with van der Waals surface area (Å²) in [4.78, 5) is 13.5. The lowest BCUT2D eigenvalue weighted by atomic mass is 9.96. The van der Waals surface area contributed by atoms with Gasteiger partial charge in [0.2, 0.25) is 5.91 Å². The number of aliphatic hydroxyl groups is 11. The van der Waals surface area contributed by atoms with Crippen LogP contribution in [0.1, 0.15) is 284 Å². The Hall–Kier alpha value is -3.03. The predicted molar refractivity (Wildman–Crippen MR) is 392 cm³/mol. The first-order chi connectivity index (χ1) is 48.3. The van der Waals surface area contributed by atoms with E-state index in [4.69, 9.17) is 28.4 Å². The smallest absolute Gasteiger partial charge is 0.220 e. The SMILES string of the molecule is CC/C=C\C/C=C\C/C=C\C/C=C\CCCCCCCCCCCCC(=O)NC(COC1OC(CO)C(OC2OC(CO)C(OC3OC(CO)C(O)C(O)C3O)C(O)C2O)C(O)C1O)C(O)/C=C/CC/C=C/CC/C=C/CCCCCCCCCCCCCCCCCCCCCCC. The summed E-state index contributed by atoms with van der Waals surface area (Å²) < 4.78 is 34.4. The molecule has 17 atom stereocenters. The van der Waals surface area contributed by atoms with Crippen LogP contribution in [-0.4, -0.2) is 193 Å². The summed E-state index contributed by atoms with van der Waals surface area (Å²) in [6, 6.07) is -1.01. The van der Waals surface area contributed by atoms with E-state index < -0.39 is 124 Å². The van der Waals surface area contributed by atoms with Crippen LogP contribution in [0.3, 0.4) is 0 Å². The number of allylic oxidation sites excluding steroid dienone is 13. The lowest BCUT2D eigenvalue weighted by Crippen LogP contribution is -2.66. The lowest BCUT2D eigenvalue weighted by Gasteiger charge is -2.48. The van der Waals surface area contributed by atoms with E-state index >= 15 is 0 Å². The van der Waals surface area contributed by atoms with E-state index in [0.717, 1.165) is 83.5 Å². The minimum absolute atomic E-state index is 0.222. The number of ether oxygens (including phenoxy) is 6. The molecule has 0 bridgehead atoms. The molecule has 0 aliphatic carbocycles. The molecule has 574 valence electrons. The number of carbonyl (C=O) groups excluding carboxylic acids is 1. The van der Waals surface area contributed by atoms with Crippen molar-refractivity contribution < 1.29 is 89.4 Å². The summed E-state index contributed by atoms with van der Waals surface area (Å²) in [5, 5.41) is 121. The lowest BCUT2D eigenvalue weighted by molar-refractivity contribution is -0.379. The van der Waals surface area contributed by atoms with Crippen molar-refractivity contribution in [2.75, 3.05) is 26.4 Å². The number of hydrogen-bond donors (Lipinski definition) is 12. The van der Waals surface area contributed by atoms with Crippen LogP contribution in [0.5, 0.6) is 0 Å². The molecule has 3 heterocycles. The molecule has 0 aromatic rings. The minimum atomic E-state index is -1.99. The summed E-state index contributed by atoms with van der Waals surface area (Å²) in [7, 11) is 0. The third-order valence-electron chi connectivity index (χ3n) is 19.2. The van der Waals surface area contributed by atoms with Crippen LogP contribution >= 0.6 is 0 Å². The maximum atomic E-state index is 13.5. The fraction of sp³-hybridized carbons (Fsp3) is 0.812. The second kappa shape index (κ2) is 60.3. The van der Waals surface area contributed by atoms with E-state index in [2.05, 4.69) is 92.1 Å². The molecule has 3 fully saturated rings. The Balaban J connectivity index is 1.41. The summed E-state index contributed by atoms with van der Waals surface area (Å²) in [5.74, 6) is -0.295. The Bertz CT molecular complexity index is 2120. The van der Waals surface area contributed by atoms with Crippen LogP contribution in [0.15, 0.2) is 85.1 Å². The maximum Gasteiger partial charge on any atom is 0.220 e. The number of aliphatic hydroxyl groups excluding tert-OH is 11. The number of amides is 1. The van der Waals surface area contributed by atoms with Gasteiger partial charge in [-0.3, -0.25) is 4.79 Å². The molecule has 0 aromatic heterocycles. The monoisotopic (exact) mass is 1400 g/mol. The van der Waals surface area contributed by atoms with Gasteiger partial charge in [-0.1, -0.05) is 279 Å². The number of unbranched alkanes of at least 4 members (excludes halogenated alkanes) is 33. The Morgan fingerprint density at radius 3 is 1.13 bits per heavy atom. The Kier molecular flexibility index (Phi) is 54.9. The highest BCUT2D eigenvalue weighted by molar-refractivity contribution is 5.76. The van der Waals surface area contributed by atoms with Gasteiger partial charge in [0.05, 0.1) is 38.6 Å². The van der Waals surface area contributed by atoms with Crippen molar-refractivity contribution in [1.29, 1.82) is 0 Å². The second-order valence-electron chi connectivity index (χ2n) is 27.8. The molecule has 0 radical (unpaired) electrons. The zero-order valence-corrected chi connectivity index (χ0v) is 61.2. The van der Waals surface area contributed by atoms with Gasteiger partial charge in [-0.25, -0.2) is 0 Å². The Morgan fingerprint density at radius 1 is 0.374 bits per heavy atom. The van der Waals surface area contributed by atoms with Crippen LogP contribution in [0.4, 0.5) is 0 Å². The highest BCUT2D eigenvalue weighted by Crippen LogP contribution is 2.33. The molecule has 12 N–H and O–H groups in total. The molecule has 3 aliphatic rings. The fourth-order valence-corrected chi connectivity index (χ4v) is 12.9. The van der Waals surface area contributed by atoms with Crippen molar-refractivity contribution in [3.8, 4) is 0 Å². The van der Waals surface area contributed by atoms with Crippen molar-refractivity contribution in [2.45, 2.75) is 388 Å². The van der Waals surface area contributed by atoms with Gasteiger partial charge in [-0.2, -0.15) is 0 Å². The third-order valence-corrected chi connectivity index (χ3v) is 19.2. The number of hydrogen-bond acceptors (Lipinski definition) is 18. The molecule has 19 heteroatoms. The summed E-state index contributed by atoms with van der Waals surface area (Å²) in [5.41, 5.74) is 0. The largest absolute Gasteiger partial charge is 0.394 e. The molecule has 1 amide bonds. The molecule has 3 aliphatic heterocycles. The van der Waals surface area contributed by atoms with Crippen LogP contribution in [0, 0.1) is 0 Å². The third kappa shape index (κ3) is 40.7. The van der Waals surface area contributed by atoms with Crippen molar-refractivity contribution in [3.63, 3.8) is 0 Å². The van der Waals surface area contributed by atoms with Gasteiger partial charge in [-0.05, 0) is 83.5 Å². The maximum absolute atomic E-state index is 13.5. The average molecular weight is 1400 g/mol.